The molecule has 0 unspecified atom stereocenters. The van der Waals surface area contributed by atoms with Crippen LogP contribution < -0.4 is 0 Å². The lowest BCUT2D eigenvalue weighted by Gasteiger charge is -2.05. The molecule has 0 radical (unpaired) electrons. The Labute approximate surface area is 108 Å². The molecular weight excluding hydrogens is 262 g/mol. The molecule has 0 fully saturated rings. The van der Waals surface area contributed by atoms with Crippen molar-refractivity contribution in [2.45, 2.75) is 0 Å². The van der Waals surface area contributed by atoms with Crippen LogP contribution in [-0.2, 0) is 0 Å². The molecule has 0 amide bonds. The van der Waals surface area contributed by atoms with Crippen LogP contribution in [0.25, 0.3) is 0 Å². The Balaban J connectivity index is 0.00000162. The van der Waals surface area contributed by atoms with E-state index >= 15 is 0 Å². The molecule has 0 saturated carbocycles. The first-order valence-corrected chi connectivity index (χ1v) is 4.80. The first-order chi connectivity index (χ1) is 8.22. The normalized spacial score (nSPS) is 10.9. The topological polar surface area (TPSA) is 45.5 Å². The van der Waals surface area contributed by atoms with Crippen molar-refractivity contribution in [3.63, 3.8) is 0 Å². The lowest BCUT2D eigenvalue weighted by molar-refractivity contribution is 0.319. The fourth-order valence-electron chi connectivity index (χ4n) is 1.46. The maximum Gasteiger partial charge on any atom is 0.135 e. The molecule has 2 rings (SSSR count). The smallest absolute Gasteiger partial charge is 0.135 e. The molecule has 1 heterocycles. The van der Waals surface area contributed by atoms with Crippen LogP contribution in [0.5, 0.6) is 0 Å². The quantitative estimate of drug-likeness (QED) is 0.518. The van der Waals surface area contributed by atoms with E-state index in [1.807, 2.05) is 0 Å². The minimum Gasteiger partial charge on any atom is -0.410 e. The standard InChI is InChI=1S/C12H8F2N2O.ClH/c13-9-1-2-10(11(14)7-9)12(16-17)8-3-5-15-6-4-8;/h1-7,17H;1H/b16-12+;. The van der Waals surface area contributed by atoms with E-state index in [1.165, 1.54) is 18.5 Å². The molecule has 2 aromatic rings. The molecule has 3 nitrogen and oxygen atoms in total. The number of aromatic nitrogens is 1. The molecule has 94 valence electrons. The molecular formula is C12H9ClF2N2O. The van der Waals surface area contributed by atoms with E-state index in [1.54, 1.807) is 12.1 Å². The molecule has 6 heteroatoms. The molecule has 18 heavy (non-hydrogen) atoms. The van der Waals surface area contributed by atoms with E-state index in [9.17, 15) is 8.78 Å². The Hall–Kier alpha value is -2.01. The number of oxime groups is 1. The molecule has 0 aliphatic heterocycles. The summed E-state index contributed by atoms with van der Waals surface area (Å²) in [5, 5.41) is 12.0. The van der Waals surface area contributed by atoms with Gasteiger partial charge < -0.3 is 5.21 Å². The second kappa shape index (κ2) is 6.07. The summed E-state index contributed by atoms with van der Waals surface area (Å²) in [6, 6.07) is 6.20. The highest BCUT2D eigenvalue weighted by atomic mass is 35.5. The number of rotatable bonds is 2. The van der Waals surface area contributed by atoms with E-state index in [0.29, 0.717) is 5.56 Å². The van der Waals surface area contributed by atoms with Gasteiger partial charge in [-0.1, -0.05) is 5.16 Å². The lowest BCUT2D eigenvalue weighted by Crippen LogP contribution is -2.06. The monoisotopic (exact) mass is 270 g/mol. The lowest BCUT2D eigenvalue weighted by atomic mass is 10.0. The van der Waals surface area contributed by atoms with Gasteiger partial charge in [0.05, 0.1) is 0 Å². The zero-order valence-corrected chi connectivity index (χ0v) is 9.86. The number of benzene rings is 1. The number of halogens is 3. The minimum absolute atomic E-state index is 0. The SMILES string of the molecule is Cl.O/N=C(\c1ccncc1)c1ccc(F)cc1F. The van der Waals surface area contributed by atoms with Crippen molar-refractivity contribution in [1.29, 1.82) is 0 Å². The van der Waals surface area contributed by atoms with Gasteiger partial charge in [-0.2, -0.15) is 0 Å². The molecule has 0 aliphatic carbocycles. The van der Waals surface area contributed by atoms with Crippen LogP contribution in [0.15, 0.2) is 47.9 Å². The van der Waals surface area contributed by atoms with Crippen molar-refractivity contribution >= 4 is 18.1 Å². The number of pyridine rings is 1. The second-order valence-corrected chi connectivity index (χ2v) is 3.31. The van der Waals surface area contributed by atoms with Crippen molar-refractivity contribution in [1.82, 2.24) is 4.98 Å². The average Bonchev–Trinajstić information content (AvgIpc) is 2.34. The van der Waals surface area contributed by atoms with Gasteiger partial charge >= 0.3 is 0 Å². The molecule has 1 aromatic carbocycles. The first-order valence-electron chi connectivity index (χ1n) is 4.80. The number of hydrogen-bond donors (Lipinski definition) is 1. The maximum atomic E-state index is 13.5. The van der Waals surface area contributed by atoms with Crippen molar-refractivity contribution in [3.05, 3.63) is 65.5 Å². The summed E-state index contributed by atoms with van der Waals surface area (Å²) in [6.07, 6.45) is 2.98. The fraction of sp³-hybridized carbons (Fsp3) is 0. The summed E-state index contributed by atoms with van der Waals surface area (Å²) in [7, 11) is 0. The van der Waals surface area contributed by atoms with E-state index in [-0.39, 0.29) is 23.7 Å². The Morgan fingerprint density at radius 3 is 2.33 bits per heavy atom. The van der Waals surface area contributed by atoms with Crippen LogP contribution in [0.2, 0.25) is 0 Å². The van der Waals surface area contributed by atoms with Crippen molar-refractivity contribution < 1.29 is 14.0 Å². The van der Waals surface area contributed by atoms with Gasteiger partial charge in [0, 0.05) is 29.6 Å². The van der Waals surface area contributed by atoms with Crippen LogP contribution in [0.4, 0.5) is 8.78 Å². The van der Waals surface area contributed by atoms with Crippen molar-refractivity contribution in [2.24, 2.45) is 5.16 Å². The van der Waals surface area contributed by atoms with Crippen LogP contribution in [-0.4, -0.2) is 15.9 Å². The average molecular weight is 271 g/mol. The third kappa shape index (κ3) is 2.81. The zero-order chi connectivity index (χ0) is 12.3. The predicted molar refractivity (Wildman–Crippen MR) is 65.3 cm³/mol. The summed E-state index contributed by atoms with van der Waals surface area (Å²) in [5.41, 5.74) is 0.554. The van der Waals surface area contributed by atoms with Gasteiger partial charge in [-0.15, -0.1) is 12.4 Å². The minimum atomic E-state index is -0.783. The Bertz CT molecular complexity index is 561. The van der Waals surface area contributed by atoms with Crippen molar-refractivity contribution in [3.8, 4) is 0 Å². The van der Waals surface area contributed by atoms with Crippen LogP contribution in [0, 0.1) is 11.6 Å². The molecule has 0 saturated heterocycles. The molecule has 1 aromatic heterocycles. The molecule has 0 spiro atoms. The van der Waals surface area contributed by atoms with Gasteiger partial charge in [0.1, 0.15) is 17.3 Å². The molecule has 0 aliphatic rings. The van der Waals surface area contributed by atoms with Gasteiger partial charge in [0.25, 0.3) is 0 Å². The van der Waals surface area contributed by atoms with Gasteiger partial charge in [0.15, 0.2) is 0 Å². The van der Waals surface area contributed by atoms with Gasteiger partial charge in [-0.3, -0.25) is 4.98 Å². The molecule has 0 atom stereocenters. The summed E-state index contributed by atoms with van der Waals surface area (Å²) in [4.78, 5) is 3.80. The zero-order valence-electron chi connectivity index (χ0n) is 9.05. The Morgan fingerprint density at radius 2 is 1.78 bits per heavy atom. The van der Waals surface area contributed by atoms with Crippen LogP contribution >= 0.6 is 12.4 Å². The van der Waals surface area contributed by atoms with E-state index in [2.05, 4.69) is 10.1 Å². The van der Waals surface area contributed by atoms with Gasteiger partial charge in [0.2, 0.25) is 0 Å². The maximum absolute atomic E-state index is 13.5. The predicted octanol–water partition coefficient (Wildman–Crippen LogP) is 3.01. The summed E-state index contributed by atoms with van der Waals surface area (Å²) in [5.74, 6) is -1.46. The summed E-state index contributed by atoms with van der Waals surface area (Å²) >= 11 is 0. The third-order valence-corrected chi connectivity index (χ3v) is 2.24. The Morgan fingerprint density at radius 1 is 1.11 bits per heavy atom. The fourth-order valence-corrected chi connectivity index (χ4v) is 1.46. The summed E-state index contributed by atoms with van der Waals surface area (Å²) < 4.78 is 26.3. The van der Waals surface area contributed by atoms with Gasteiger partial charge in [-0.05, 0) is 24.3 Å². The van der Waals surface area contributed by atoms with Crippen LogP contribution in [0.1, 0.15) is 11.1 Å². The number of nitrogens with zero attached hydrogens (tertiary/aromatic N) is 2. The van der Waals surface area contributed by atoms with E-state index in [4.69, 9.17) is 5.21 Å². The van der Waals surface area contributed by atoms with Gasteiger partial charge in [-0.25, -0.2) is 8.78 Å². The van der Waals surface area contributed by atoms with E-state index in [0.717, 1.165) is 12.1 Å². The summed E-state index contributed by atoms with van der Waals surface area (Å²) in [6.45, 7) is 0. The highest BCUT2D eigenvalue weighted by Crippen LogP contribution is 2.15. The van der Waals surface area contributed by atoms with E-state index < -0.39 is 11.6 Å². The first kappa shape index (κ1) is 14.1. The van der Waals surface area contributed by atoms with Crippen molar-refractivity contribution in [2.75, 3.05) is 0 Å². The van der Waals surface area contributed by atoms with Crippen LogP contribution in [0.3, 0.4) is 0 Å². The second-order valence-electron chi connectivity index (χ2n) is 3.31. The largest absolute Gasteiger partial charge is 0.410 e. The molecule has 1 N–H and O–H groups in total. The molecule has 0 bridgehead atoms. The highest BCUT2D eigenvalue weighted by Gasteiger charge is 2.13. The number of hydrogen-bond acceptors (Lipinski definition) is 3. The highest BCUT2D eigenvalue weighted by molar-refractivity contribution is 6.12. The Kier molecular flexibility index (Phi) is 4.74. The third-order valence-electron chi connectivity index (χ3n) is 2.24.